The minimum absolute atomic E-state index is 0.111. The summed E-state index contributed by atoms with van der Waals surface area (Å²) in [4.78, 5) is 38.9. The quantitative estimate of drug-likeness (QED) is 0.611. The highest BCUT2D eigenvalue weighted by Gasteiger charge is 2.31. The lowest BCUT2D eigenvalue weighted by Crippen LogP contribution is -2.56. The standard InChI is InChI=1S/C26H32ClN5O3/c27-20-6-8-22(9-7-20)35-25-23(5-2-10-28-25)26(34)32-13-11-29(12-14-32)19-24(33)31-17-15-30(16-18-31)21-3-1-4-21/h2,5-10,21H,1,3-4,11-19H2. The number of ether oxygens (including phenoxy) is 1. The van der Waals surface area contributed by atoms with Crippen LogP contribution >= 0.6 is 11.6 Å². The Morgan fingerprint density at radius 3 is 2.26 bits per heavy atom. The molecular weight excluding hydrogens is 466 g/mol. The second-order valence-corrected chi connectivity index (χ2v) is 9.92. The number of benzene rings is 1. The predicted octanol–water partition coefficient (Wildman–Crippen LogP) is 2.98. The summed E-state index contributed by atoms with van der Waals surface area (Å²) in [6.45, 7) is 6.53. The molecule has 3 heterocycles. The minimum Gasteiger partial charge on any atom is -0.438 e. The maximum Gasteiger partial charge on any atom is 0.259 e. The van der Waals surface area contributed by atoms with Crippen LogP contribution in [0.5, 0.6) is 11.6 Å². The van der Waals surface area contributed by atoms with Crippen LogP contribution in [0.4, 0.5) is 0 Å². The normalized spacial score (nSPS) is 19.9. The van der Waals surface area contributed by atoms with Gasteiger partial charge in [-0.15, -0.1) is 0 Å². The Morgan fingerprint density at radius 1 is 0.914 bits per heavy atom. The Bertz CT molecular complexity index is 1030. The van der Waals surface area contributed by atoms with Crippen molar-refractivity contribution in [1.82, 2.24) is 24.6 Å². The minimum atomic E-state index is -0.111. The second kappa shape index (κ2) is 10.9. The smallest absolute Gasteiger partial charge is 0.259 e. The van der Waals surface area contributed by atoms with E-state index >= 15 is 0 Å². The summed E-state index contributed by atoms with van der Waals surface area (Å²) in [5.41, 5.74) is 0.427. The van der Waals surface area contributed by atoms with Gasteiger partial charge >= 0.3 is 0 Å². The Hall–Kier alpha value is -2.68. The van der Waals surface area contributed by atoms with E-state index in [1.165, 1.54) is 19.3 Å². The van der Waals surface area contributed by atoms with Crippen molar-refractivity contribution in [3.05, 3.63) is 53.2 Å². The molecule has 186 valence electrons. The summed E-state index contributed by atoms with van der Waals surface area (Å²) in [7, 11) is 0. The molecule has 2 saturated heterocycles. The molecule has 1 saturated carbocycles. The van der Waals surface area contributed by atoms with Crippen molar-refractivity contribution < 1.29 is 14.3 Å². The summed E-state index contributed by atoms with van der Waals surface area (Å²) in [5, 5.41) is 0.613. The molecule has 0 radical (unpaired) electrons. The van der Waals surface area contributed by atoms with E-state index in [0.717, 1.165) is 32.2 Å². The zero-order valence-corrected chi connectivity index (χ0v) is 20.7. The van der Waals surface area contributed by atoms with Gasteiger partial charge in [0.1, 0.15) is 11.3 Å². The first kappa shape index (κ1) is 24.0. The number of aromatic nitrogens is 1. The first-order valence-electron chi connectivity index (χ1n) is 12.5. The zero-order valence-electron chi connectivity index (χ0n) is 19.9. The Balaban J connectivity index is 1.11. The second-order valence-electron chi connectivity index (χ2n) is 9.48. The van der Waals surface area contributed by atoms with Crippen LogP contribution in [0.2, 0.25) is 5.02 Å². The maximum absolute atomic E-state index is 13.2. The fourth-order valence-corrected chi connectivity index (χ4v) is 5.03. The van der Waals surface area contributed by atoms with E-state index < -0.39 is 0 Å². The van der Waals surface area contributed by atoms with Gasteiger partial charge in [0, 0.05) is 69.6 Å². The molecular formula is C26H32ClN5O3. The molecule has 2 aromatic rings. The fourth-order valence-electron chi connectivity index (χ4n) is 4.91. The number of hydrogen-bond acceptors (Lipinski definition) is 6. The van der Waals surface area contributed by atoms with Crippen molar-refractivity contribution in [3.63, 3.8) is 0 Å². The van der Waals surface area contributed by atoms with Crippen molar-refractivity contribution in [2.45, 2.75) is 25.3 Å². The van der Waals surface area contributed by atoms with E-state index in [0.29, 0.717) is 49.1 Å². The maximum atomic E-state index is 13.2. The number of rotatable bonds is 6. The number of pyridine rings is 1. The number of piperazine rings is 2. The summed E-state index contributed by atoms with van der Waals surface area (Å²) in [5.74, 6) is 0.932. The molecule has 35 heavy (non-hydrogen) atoms. The van der Waals surface area contributed by atoms with Crippen LogP contribution in [0, 0.1) is 0 Å². The van der Waals surface area contributed by atoms with E-state index in [-0.39, 0.29) is 17.7 Å². The molecule has 2 amide bonds. The van der Waals surface area contributed by atoms with Gasteiger partial charge in [-0.1, -0.05) is 18.0 Å². The molecule has 5 rings (SSSR count). The number of hydrogen-bond donors (Lipinski definition) is 0. The Labute approximate surface area is 211 Å². The number of halogens is 1. The largest absolute Gasteiger partial charge is 0.438 e. The zero-order chi connectivity index (χ0) is 24.2. The number of amides is 2. The average molecular weight is 498 g/mol. The number of carbonyl (C=O) groups excluding carboxylic acids is 2. The van der Waals surface area contributed by atoms with Gasteiger partial charge in [-0.3, -0.25) is 19.4 Å². The lowest BCUT2D eigenvalue weighted by atomic mass is 9.91. The SMILES string of the molecule is O=C(CN1CCN(C(=O)c2cccnc2Oc2ccc(Cl)cc2)CC1)N1CCN(C2CCC2)CC1. The van der Waals surface area contributed by atoms with Gasteiger partial charge in [0.15, 0.2) is 0 Å². The molecule has 0 spiro atoms. The van der Waals surface area contributed by atoms with Crippen molar-refractivity contribution in [3.8, 4) is 11.6 Å². The fraction of sp³-hybridized carbons (Fsp3) is 0.500. The number of nitrogens with zero attached hydrogens (tertiary/aromatic N) is 5. The lowest BCUT2D eigenvalue weighted by Gasteiger charge is -2.43. The molecule has 3 aliphatic rings. The third-order valence-corrected chi connectivity index (χ3v) is 7.56. The first-order chi connectivity index (χ1) is 17.1. The number of carbonyl (C=O) groups is 2. The molecule has 1 aromatic carbocycles. The molecule has 1 aromatic heterocycles. The average Bonchev–Trinajstić information content (AvgIpc) is 2.85. The van der Waals surface area contributed by atoms with Gasteiger partial charge in [-0.25, -0.2) is 4.98 Å². The van der Waals surface area contributed by atoms with Crippen LogP contribution in [0.25, 0.3) is 0 Å². The van der Waals surface area contributed by atoms with Crippen molar-refractivity contribution in [2.75, 3.05) is 58.9 Å². The summed E-state index contributed by atoms with van der Waals surface area (Å²) >= 11 is 5.95. The van der Waals surface area contributed by atoms with Crippen LogP contribution in [0.1, 0.15) is 29.6 Å². The van der Waals surface area contributed by atoms with E-state index in [2.05, 4.69) is 14.8 Å². The van der Waals surface area contributed by atoms with E-state index in [9.17, 15) is 9.59 Å². The lowest BCUT2D eigenvalue weighted by molar-refractivity contribution is -0.135. The third-order valence-electron chi connectivity index (χ3n) is 7.31. The highest BCUT2D eigenvalue weighted by atomic mass is 35.5. The summed E-state index contributed by atoms with van der Waals surface area (Å²) in [6, 6.07) is 11.2. The van der Waals surface area contributed by atoms with Gasteiger partial charge < -0.3 is 14.5 Å². The van der Waals surface area contributed by atoms with Crippen LogP contribution < -0.4 is 4.74 Å². The monoisotopic (exact) mass is 497 g/mol. The van der Waals surface area contributed by atoms with E-state index in [4.69, 9.17) is 16.3 Å². The molecule has 0 bridgehead atoms. The molecule has 9 heteroatoms. The molecule has 3 fully saturated rings. The van der Waals surface area contributed by atoms with Gasteiger partial charge in [-0.05, 0) is 49.2 Å². The molecule has 2 aliphatic heterocycles. The van der Waals surface area contributed by atoms with Crippen LogP contribution in [0.15, 0.2) is 42.6 Å². The molecule has 0 N–H and O–H groups in total. The molecule has 8 nitrogen and oxygen atoms in total. The van der Waals surface area contributed by atoms with Gasteiger partial charge in [0.2, 0.25) is 11.8 Å². The van der Waals surface area contributed by atoms with E-state index in [1.807, 2.05) is 9.80 Å². The van der Waals surface area contributed by atoms with Crippen molar-refractivity contribution in [2.24, 2.45) is 0 Å². The summed E-state index contributed by atoms with van der Waals surface area (Å²) in [6.07, 6.45) is 5.57. The van der Waals surface area contributed by atoms with E-state index in [1.54, 1.807) is 42.6 Å². The van der Waals surface area contributed by atoms with Crippen molar-refractivity contribution in [1.29, 1.82) is 0 Å². The molecule has 0 atom stereocenters. The van der Waals surface area contributed by atoms with Gasteiger partial charge in [0.05, 0.1) is 6.54 Å². The predicted molar refractivity (Wildman–Crippen MR) is 134 cm³/mol. The van der Waals surface area contributed by atoms with Gasteiger partial charge in [0.25, 0.3) is 5.91 Å². The summed E-state index contributed by atoms with van der Waals surface area (Å²) < 4.78 is 5.87. The van der Waals surface area contributed by atoms with Gasteiger partial charge in [-0.2, -0.15) is 0 Å². The van der Waals surface area contributed by atoms with Crippen LogP contribution in [-0.4, -0.2) is 101 Å². The van der Waals surface area contributed by atoms with Crippen LogP contribution in [-0.2, 0) is 4.79 Å². The molecule has 1 aliphatic carbocycles. The third kappa shape index (κ3) is 5.77. The van der Waals surface area contributed by atoms with Crippen molar-refractivity contribution >= 4 is 23.4 Å². The Kier molecular flexibility index (Phi) is 7.51. The highest BCUT2D eigenvalue weighted by Crippen LogP contribution is 2.27. The van der Waals surface area contributed by atoms with Crippen LogP contribution in [0.3, 0.4) is 0 Å². The molecule has 0 unspecified atom stereocenters. The highest BCUT2D eigenvalue weighted by molar-refractivity contribution is 6.30. The Morgan fingerprint density at radius 2 is 1.60 bits per heavy atom. The topological polar surface area (TPSA) is 69.2 Å². The first-order valence-corrected chi connectivity index (χ1v) is 12.9.